The number of benzene rings is 1. The van der Waals surface area contributed by atoms with Crippen LogP contribution in [0.3, 0.4) is 0 Å². The van der Waals surface area contributed by atoms with Gasteiger partial charge in [-0.15, -0.1) is 0 Å². The minimum Gasteiger partial charge on any atom is -0.493 e. The lowest BCUT2D eigenvalue weighted by Gasteiger charge is -2.32. The van der Waals surface area contributed by atoms with Crippen LogP contribution in [0, 0.1) is 19.8 Å². The highest BCUT2D eigenvalue weighted by molar-refractivity contribution is 5.93. The number of rotatable bonds is 8. The summed E-state index contributed by atoms with van der Waals surface area (Å²) >= 11 is 0. The molecule has 0 aliphatic carbocycles. The van der Waals surface area contributed by atoms with Gasteiger partial charge in [0.25, 0.3) is 5.91 Å². The molecule has 2 amide bonds. The van der Waals surface area contributed by atoms with Crippen LogP contribution in [0.15, 0.2) is 42.7 Å². The molecule has 1 aliphatic heterocycles. The number of nitrogens with one attached hydrogen (secondary N) is 1. The van der Waals surface area contributed by atoms with Crippen molar-refractivity contribution >= 4 is 11.8 Å². The maximum absolute atomic E-state index is 12.5. The standard InChI is InChI=1S/C24H31N3O3/c1-18-6-3-7-19(2)23(18)30-15-5-9-22(28)26-16-20-10-13-27(14-11-20)24(29)21-8-4-12-25-17-21/h3-4,6-8,12,17,20H,5,9-11,13-16H2,1-2H3,(H,26,28). The number of para-hydroxylation sites is 1. The average molecular weight is 410 g/mol. The summed E-state index contributed by atoms with van der Waals surface area (Å²) in [5.74, 6) is 1.44. The van der Waals surface area contributed by atoms with E-state index in [4.69, 9.17) is 4.74 Å². The number of carbonyl (C=O) groups excluding carboxylic acids is 2. The SMILES string of the molecule is Cc1cccc(C)c1OCCCC(=O)NCC1CCN(C(=O)c2cccnc2)CC1. The van der Waals surface area contributed by atoms with Gasteiger partial charge in [-0.2, -0.15) is 0 Å². The zero-order valence-corrected chi connectivity index (χ0v) is 17.9. The second-order valence-electron chi connectivity index (χ2n) is 7.95. The highest BCUT2D eigenvalue weighted by Gasteiger charge is 2.23. The Hall–Kier alpha value is -2.89. The van der Waals surface area contributed by atoms with Crippen molar-refractivity contribution < 1.29 is 14.3 Å². The van der Waals surface area contributed by atoms with Gasteiger partial charge in [-0.25, -0.2) is 0 Å². The van der Waals surface area contributed by atoms with Crippen LogP contribution in [0.4, 0.5) is 0 Å². The second-order valence-corrected chi connectivity index (χ2v) is 7.95. The number of aromatic nitrogens is 1. The van der Waals surface area contributed by atoms with E-state index in [1.165, 1.54) is 0 Å². The van der Waals surface area contributed by atoms with Gasteiger partial charge in [0.15, 0.2) is 0 Å². The molecule has 0 saturated carbocycles. The third-order valence-electron chi connectivity index (χ3n) is 5.60. The molecule has 2 heterocycles. The molecule has 0 atom stereocenters. The van der Waals surface area contributed by atoms with E-state index in [2.05, 4.69) is 10.3 Å². The van der Waals surface area contributed by atoms with E-state index in [0.717, 1.165) is 42.8 Å². The summed E-state index contributed by atoms with van der Waals surface area (Å²) in [6, 6.07) is 9.66. The molecule has 160 valence electrons. The van der Waals surface area contributed by atoms with Crippen LogP contribution >= 0.6 is 0 Å². The summed E-state index contributed by atoms with van der Waals surface area (Å²) in [4.78, 5) is 30.5. The summed E-state index contributed by atoms with van der Waals surface area (Å²) < 4.78 is 5.86. The molecule has 1 N–H and O–H groups in total. The maximum Gasteiger partial charge on any atom is 0.255 e. The first-order chi connectivity index (χ1) is 14.5. The predicted octanol–water partition coefficient (Wildman–Crippen LogP) is 3.53. The van der Waals surface area contributed by atoms with Crippen LogP contribution in [-0.4, -0.2) is 47.9 Å². The lowest BCUT2D eigenvalue weighted by atomic mass is 9.96. The van der Waals surface area contributed by atoms with Gasteiger partial charge in [0.2, 0.25) is 5.91 Å². The fourth-order valence-electron chi connectivity index (χ4n) is 3.79. The number of pyridine rings is 1. The van der Waals surface area contributed by atoms with Gasteiger partial charge in [-0.1, -0.05) is 18.2 Å². The van der Waals surface area contributed by atoms with Crippen molar-refractivity contribution in [2.45, 2.75) is 39.5 Å². The Morgan fingerprint density at radius 3 is 2.53 bits per heavy atom. The Morgan fingerprint density at radius 2 is 1.87 bits per heavy atom. The summed E-state index contributed by atoms with van der Waals surface area (Å²) in [5, 5.41) is 3.04. The third-order valence-corrected chi connectivity index (χ3v) is 5.60. The molecule has 1 aromatic heterocycles. The first-order valence-electron chi connectivity index (χ1n) is 10.7. The van der Waals surface area contributed by atoms with Crippen LogP contribution in [0.1, 0.15) is 47.2 Å². The Kier molecular flexibility index (Phi) is 7.82. The first-order valence-corrected chi connectivity index (χ1v) is 10.7. The van der Waals surface area contributed by atoms with Crippen molar-refractivity contribution in [1.82, 2.24) is 15.2 Å². The fourth-order valence-corrected chi connectivity index (χ4v) is 3.79. The smallest absolute Gasteiger partial charge is 0.255 e. The lowest BCUT2D eigenvalue weighted by Crippen LogP contribution is -2.41. The van der Waals surface area contributed by atoms with Crippen molar-refractivity contribution in [3.05, 3.63) is 59.4 Å². The minimum absolute atomic E-state index is 0.0366. The number of likely N-dealkylation sites (tertiary alicyclic amines) is 1. The Labute approximate surface area is 178 Å². The second kappa shape index (κ2) is 10.8. The van der Waals surface area contributed by atoms with Gasteiger partial charge in [-0.05, 0) is 62.3 Å². The monoisotopic (exact) mass is 409 g/mol. The van der Waals surface area contributed by atoms with E-state index in [-0.39, 0.29) is 11.8 Å². The quantitative estimate of drug-likeness (QED) is 0.677. The zero-order chi connectivity index (χ0) is 21.3. The molecule has 0 unspecified atom stereocenters. The number of nitrogens with zero attached hydrogens (tertiary/aromatic N) is 2. The van der Waals surface area contributed by atoms with Gasteiger partial charge in [0.1, 0.15) is 5.75 Å². The Balaban J connectivity index is 1.31. The number of ether oxygens (including phenoxy) is 1. The number of amides is 2. The van der Waals surface area contributed by atoms with Crippen molar-refractivity contribution in [2.24, 2.45) is 5.92 Å². The van der Waals surface area contributed by atoms with Gasteiger partial charge in [0, 0.05) is 38.4 Å². The topological polar surface area (TPSA) is 71.5 Å². The summed E-state index contributed by atoms with van der Waals surface area (Å²) in [7, 11) is 0. The van der Waals surface area contributed by atoms with Crippen LogP contribution in [-0.2, 0) is 4.79 Å². The highest BCUT2D eigenvalue weighted by Crippen LogP contribution is 2.22. The third kappa shape index (κ3) is 6.05. The Morgan fingerprint density at radius 1 is 1.13 bits per heavy atom. The highest BCUT2D eigenvalue weighted by atomic mass is 16.5. The predicted molar refractivity (Wildman–Crippen MR) is 117 cm³/mol. The zero-order valence-electron chi connectivity index (χ0n) is 17.9. The summed E-state index contributed by atoms with van der Waals surface area (Å²) in [5.41, 5.74) is 2.87. The van der Waals surface area contributed by atoms with Crippen LogP contribution in [0.2, 0.25) is 0 Å². The molecule has 0 radical (unpaired) electrons. The number of hydrogen-bond acceptors (Lipinski definition) is 4. The number of aryl methyl sites for hydroxylation is 2. The molecular weight excluding hydrogens is 378 g/mol. The molecule has 6 heteroatoms. The van der Waals surface area contributed by atoms with E-state index in [9.17, 15) is 9.59 Å². The van der Waals surface area contributed by atoms with Gasteiger partial charge < -0.3 is 15.0 Å². The molecule has 1 aliphatic rings. The van der Waals surface area contributed by atoms with Gasteiger partial charge in [0.05, 0.1) is 12.2 Å². The molecule has 1 aromatic carbocycles. The first kappa shape index (κ1) is 21.8. The fraction of sp³-hybridized carbons (Fsp3) is 0.458. The lowest BCUT2D eigenvalue weighted by molar-refractivity contribution is -0.121. The van der Waals surface area contributed by atoms with Crippen molar-refractivity contribution in [2.75, 3.05) is 26.2 Å². The molecular formula is C24H31N3O3. The Bertz CT molecular complexity index is 826. The van der Waals surface area contributed by atoms with Crippen molar-refractivity contribution in [1.29, 1.82) is 0 Å². The van der Waals surface area contributed by atoms with Crippen LogP contribution in [0.25, 0.3) is 0 Å². The van der Waals surface area contributed by atoms with Crippen LogP contribution in [0.5, 0.6) is 5.75 Å². The molecule has 6 nitrogen and oxygen atoms in total. The van der Waals surface area contributed by atoms with Crippen molar-refractivity contribution in [3.63, 3.8) is 0 Å². The number of piperidine rings is 1. The molecule has 2 aromatic rings. The van der Waals surface area contributed by atoms with Gasteiger partial charge >= 0.3 is 0 Å². The minimum atomic E-state index is 0.0366. The van der Waals surface area contributed by atoms with E-state index < -0.39 is 0 Å². The number of hydrogen-bond donors (Lipinski definition) is 1. The maximum atomic E-state index is 12.5. The van der Waals surface area contributed by atoms with Gasteiger partial charge in [-0.3, -0.25) is 14.6 Å². The molecule has 1 saturated heterocycles. The molecule has 3 rings (SSSR count). The van der Waals surface area contributed by atoms with E-state index >= 15 is 0 Å². The normalized spacial score (nSPS) is 14.4. The molecule has 1 fully saturated rings. The molecule has 0 spiro atoms. The largest absolute Gasteiger partial charge is 0.493 e. The molecule has 30 heavy (non-hydrogen) atoms. The number of carbonyl (C=O) groups is 2. The summed E-state index contributed by atoms with van der Waals surface area (Å²) in [6.07, 6.45) is 6.24. The average Bonchev–Trinajstić information content (AvgIpc) is 2.77. The summed E-state index contributed by atoms with van der Waals surface area (Å²) in [6.45, 7) is 6.71. The van der Waals surface area contributed by atoms with Crippen LogP contribution < -0.4 is 10.1 Å². The van der Waals surface area contributed by atoms with Crippen molar-refractivity contribution in [3.8, 4) is 5.75 Å². The van der Waals surface area contributed by atoms with E-state index in [1.54, 1.807) is 24.5 Å². The molecule has 0 bridgehead atoms. The van der Waals surface area contributed by atoms with E-state index in [1.807, 2.05) is 36.9 Å². The van der Waals surface area contributed by atoms with E-state index in [0.29, 0.717) is 37.5 Å².